The Hall–Kier alpha value is -0.790. The van der Waals surface area contributed by atoms with Crippen LogP contribution in [0.5, 0.6) is 0 Å². The number of hydrogen-bond donors (Lipinski definition) is 0. The summed E-state index contributed by atoms with van der Waals surface area (Å²) in [6, 6.07) is 0.592. The molecular weight excluding hydrogens is 436 g/mol. The summed E-state index contributed by atoms with van der Waals surface area (Å²) in [6.07, 6.45) is 39.4. The highest BCUT2D eigenvalue weighted by Crippen LogP contribution is 2.30. The molecule has 0 radical (unpaired) electrons. The molecule has 2 atom stereocenters. The van der Waals surface area contributed by atoms with Gasteiger partial charge in [0.25, 0.3) is 0 Å². The fraction of sp³-hybridized carbons (Fsp3) is 0.912. The van der Waals surface area contributed by atoms with Gasteiger partial charge in [-0.15, -0.1) is 0 Å². The lowest BCUT2D eigenvalue weighted by atomic mass is 9.93. The fourth-order valence-electron chi connectivity index (χ4n) is 5.81. The molecule has 2 nitrogen and oxygen atoms in total. The summed E-state index contributed by atoms with van der Waals surface area (Å²) in [4.78, 5) is 4.90. The van der Waals surface area contributed by atoms with Crippen LogP contribution in [-0.2, 0) is 0 Å². The van der Waals surface area contributed by atoms with Crippen LogP contribution in [0.25, 0.3) is 0 Å². The zero-order valence-electron chi connectivity index (χ0n) is 25.4. The molecule has 0 aliphatic heterocycles. The third-order valence-corrected chi connectivity index (χ3v) is 8.33. The van der Waals surface area contributed by atoms with Gasteiger partial charge in [-0.25, -0.2) is 4.98 Å². The van der Waals surface area contributed by atoms with Crippen molar-refractivity contribution in [3.05, 3.63) is 18.2 Å². The van der Waals surface area contributed by atoms with Crippen LogP contribution in [0.3, 0.4) is 0 Å². The molecule has 2 heteroatoms. The summed E-state index contributed by atoms with van der Waals surface area (Å²) < 4.78 is 2.53. The normalized spacial score (nSPS) is 13.3. The predicted octanol–water partition coefficient (Wildman–Crippen LogP) is 12.3. The monoisotopic (exact) mass is 503 g/mol. The number of rotatable bonds is 27. The zero-order valence-corrected chi connectivity index (χ0v) is 25.4. The van der Waals surface area contributed by atoms with Gasteiger partial charge in [-0.3, -0.25) is 0 Å². The largest absolute Gasteiger partial charge is 0.332 e. The van der Waals surface area contributed by atoms with Gasteiger partial charge in [0.05, 0.1) is 0 Å². The first kappa shape index (κ1) is 33.2. The van der Waals surface area contributed by atoms with Crippen molar-refractivity contribution in [2.24, 2.45) is 0 Å². The molecule has 0 amide bonds. The van der Waals surface area contributed by atoms with Crippen molar-refractivity contribution in [3.8, 4) is 0 Å². The second kappa shape index (κ2) is 24.5. The molecule has 0 N–H and O–H groups in total. The maximum Gasteiger partial charge on any atom is 0.111 e. The Balaban J connectivity index is 2.20. The molecule has 0 saturated carbocycles. The maximum absolute atomic E-state index is 4.90. The standard InChI is InChI=1S/C34H66N2/c1-5-8-11-13-14-15-16-17-18-19-20-21-22-24-26-29-33(28-10-7-3)34-35-30-31-36(34)32(4)27-25-23-12-9-6-2/h30-33H,5-29H2,1-4H3. The molecule has 1 rings (SSSR count). The summed E-state index contributed by atoms with van der Waals surface area (Å²) in [6.45, 7) is 9.35. The summed E-state index contributed by atoms with van der Waals surface area (Å²) >= 11 is 0. The van der Waals surface area contributed by atoms with Gasteiger partial charge in [-0.2, -0.15) is 0 Å². The van der Waals surface area contributed by atoms with Crippen LogP contribution in [-0.4, -0.2) is 9.55 Å². The molecule has 0 fully saturated rings. The molecule has 0 aliphatic carbocycles. The van der Waals surface area contributed by atoms with Crippen molar-refractivity contribution < 1.29 is 0 Å². The average Bonchev–Trinajstić information content (AvgIpc) is 3.38. The smallest absolute Gasteiger partial charge is 0.111 e. The second-order valence-electron chi connectivity index (χ2n) is 11.8. The summed E-state index contributed by atoms with van der Waals surface area (Å²) in [5, 5.41) is 0. The van der Waals surface area contributed by atoms with E-state index >= 15 is 0 Å². The quantitative estimate of drug-likeness (QED) is 0.109. The van der Waals surface area contributed by atoms with Crippen LogP contribution in [0, 0.1) is 0 Å². The molecule has 0 spiro atoms. The minimum absolute atomic E-state index is 0.592. The van der Waals surface area contributed by atoms with Gasteiger partial charge in [0, 0.05) is 24.4 Å². The zero-order chi connectivity index (χ0) is 26.1. The van der Waals surface area contributed by atoms with Crippen molar-refractivity contribution >= 4 is 0 Å². The number of aromatic nitrogens is 2. The molecule has 1 aromatic heterocycles. The fourth-order valence-corrected chi connectivity index (χ4v) is 5.81. The predicted molar refractivity (Wildman–Crippen MR) is 162 cm³/mol. The van der Waals surface area contributed by atoms with E-state index in [1.165, 1.54) is 166 Å². The number of nitrogens with zero attached hydrogens (tertiary/aromatic N) is 2. The molecular formula is C34H66N2. The highest BCUT2D eigenvalue weighted by atomic mass is 15.1. The van der Waals surface area contributed by atoms with Crippen LogP contribution < -0.4 is 0 Å². The molecule has 36 heavy (non-hydrogen) atoms. The van der Waals surface area contributed by atoms with Crippen molar-refractivity contribution in [2.75, 3.05) is 0 Å². The molecule has 0 bridgehead atoms. The van der Waals surface area contributed by atoms with Gasteiger partial charge in [-0.05, 0) is 26.2 Å². The number of imidazole rings is 1. The Morgan fingerprint density at radius 3 is 1.39 bits per heavy atom. The summed E-state index contributed by atoms with van der Waals surface area (Å²) in [5.74, 6) is 2.04. The lowest BCUT2D eigenvalue weighted by molar-refractivity contribution is 0.416. The van der Waals surface area contributed by atoms with E-state index < -0.39 is 0 Å². The Labute approximate surface area is 227 Å². The van der Waals surface area contributed by atoms with E-state index in [2.05, 4.69) is 44.7 Å². The number of unbranched alkanes of at least 4 members (excludes halogenated alkanes) is 19. The van der Waals surface area contributed by atoms with Crippen LogP contribution in [0.15, 0.2) is 12.4 Å². The molecule has 1 heterocycles. The van der Waals surface area contributed by atoms with Crippen LogP contribution in [0.2, 0.25) is 0 Å². The minimum Gasteiger partial charge on any atom is -0.332 e. The highest BCUT2D eigenvalue weighted by Gasteiger charge is 2.19. The van der Waals surface area contributed by atoms with E-state index in [0.717, 1.165) is 0 Å². The van der Waals surface area contributed by atoms with Crippen molar-refractivity contribution in [3.63, 3.8) is 0 Å². The first-order chi connectivity index (χ1) is 17.7. The van der Waals surface area contributed by atoms with E-state index in [1.54, 1.807) is 0 Å². The van der Waals surface area contributed by atoms with Gasteiger partial charge in [0.1, 0.15) is 5.82 Å². The molecule has 0 saturated heterocycles. The molecule has 0 aliphatic rings. The highest BCUT2D eigenvalue weighted by molar-refractivity contribution is 5.02. The average molecular weight is 503 g/mol. The van der Waals surface area contributed by atoms with E-state index in [4.69, 9.17) is 4.98 Å². The van der Waals surface area contributed by atoms with Crippen LogP contribution in [0.4, 0.5) is 0 Å². The first-order valence-corrected chi connectivity index (χ1v) is 16.8. The van der Waals surface area contributed by atoms with Gasteiger partial charge >= 0.3 is 0 Å². The Morgan fingerprint density at radius 2 is 0.917 bits per heavy atom. The lowest BCUT2D eigenvalue weighted by Gasteiger charge is -2.22. The third kappa shape index (κ3) is 16.9. The summed E-state index contributed by atoms with van der Waals surface area (Å²) in [5.41, 5.74) is 0. The van der Waals surface area contributed by atoms with Crippen molar-refractivity contribution in [1.29, 1.82) is 0 Å². The topological polar surface area (TPSA) is 17.8 Å². The molecule has 1 aromatic rings. The molecule has 2 unspecified atom stereocenters. The first-order valence-electron chi connectivity index (χ1n) is 16.8. The van der Waals surface area contributed by atoms with Crippen molar-refractivity contribution in [2.45, 2.75) is 200 Å². The van der Waals surface area contributed by atoms with E-state index in [0.29, 0.717) is 12.0 Å². The van der Waals surface area contributed by atoms with Gasteiger partial charge in [0.2, 0.25) is 0 Å². The molecule has 0 aromatic carbocycles. The van der Waals surface area contributed by atoms with Crippen LogP contribution >= 0.6 is 0 Å². The SMILES string of the molecule is CCCCCCCCCCCCCCCCCC(CCCC)c1nccn1C(C)CCCCCCC. The number of hydrogen-bond acceptors (Lipinski definition) is 1. The van der Waals surface area contributed by atoms with Gasteiger partial charge in [0.15, 0.2) is 0 Å². The Morgan fingerprint density at radius 1 is 0.528 bits per heavy atom. The summed E-state index contributed by atoms with van der Waals surface area (Å²) in [7, 11) is 0. The third-order valence-electron chi connectivity index (χ3n) is 8.33. The minimum atomic E-state index is 0.592. The second-order valence-corrected chi connectivity index (χ2v) is 11.8. The van der Waals surface area contributed by atoms with Crippen molar-refractivity contribution in [1.82, 2.24) is 9.55 Å². The van der Waals surface area contributed by atoms with Crippen LogP contribution in [0.1, 0.15) is 206 Å². The Bertz CT molecular complexity index is 563. The van der Waals surface area contributed by atoms with Gasteiger partial charge < -0.3 is 4.57 Å². The van der Waals surface area contributed by atoms with E-state index in [-0.39, 0.29) is 0 Å². The van der Waals surface area contributed by atoms with Gasteiger partial charge in [-0.1, -0.05) is 162 Å². The lowest BCUT2D eigenvalue weighted by Crippen LogP contribution is -2.13. The maximum atomic E-state index is 4.90. The Kier molecular flexibility index (Phi) is 22.7. The van der Waals surface area contributed by atoms with E-state index in [1.807, 2.05) is 0 Å². The molecule has 212 valence electrons. The van der Waals surface area contributed by atoms with E-state index in [9.17, 15) is 0 Å².